The summed E-state index contributed by atoms with van der Waals surface area (Å²) in [4.78, 5) is 14.7. The SMILES string of the molecule is Cc1cc(N[C@@H]2CCCN(C(C)C)C2)nnc1-c1ccc(C(F)(F)F)cc1NC(=O)C(C)C. The van der Waals surface area contributed by atoms with Crippen molar-refractivity contribution in [2.24, 2.45) is 5.92 Å². The first-order chi connectivity index (χ1) is 15.5. The standard InChI is InChI=1S/C24H32F3N5O/c1-14(2)23(33)29-20-12-17(24(25,26)27)8-9-19(20)22-16(5)11-21(30-31-22)28-18-7-6-10-32(13-18)15(3)4/h8-9,11-12,14-15,18H,6-7,10,13H2,1-5H3,(H,28,30)(H,29,33)/t18-/m1/s1. The molecule has 1 aliphatic heterocycles. The summed E-state index contributed by atoms with van der Waals surface area (Å²) < 4.78 is 39.8. The Kier molecular flexibility index (Phi) is 7.62. The number of nitrogens with one attached hydrogen (secondary N) is 2. The number of amides is 1. The second kappa shape index (κ2) is 10.1. The maximum absolute atomic E-state index is 13.3. The first-order valence-corrected chi connectivity index (χ1v) is 11.3. The molecular formula is C24H32F3N5O. The number of aromatic nitrogens is 2. The zero-order chi connectivity index (χ0) is 24.3. The van der Waals surface area contributed by atoms with Crippen molar-refractivity contribution in [1.82, 2.24) is 15.1 Å². The summed E-state index contributed by atoms with van der Waals surface area (Å²) in [6.07, 6.45) is -2.38. The lowest BCUT2D eigenvalue weighted by Crippen LogP contribution is -2.45. The van der Waals surface area contributed by atoms with E-state index in [1.165, 1.54) is 6.07 Å². The highest BCUT2D eigenvalue weighted by molar-refractivity contribution is 5.96. The molecule has 9 heteroatoms. The molecule has 2 aromatic rings. The van der Waals surface area contributed by atoms with Crippen LogP contribution in [0.2, 0.25) is 0 Å². The number of halogens is 3. The minimum absolute atomic E-state index is 0.0708. The van der Waals surface area contributed by atoms with Gasteiger partial charge in [0.05, 0.1) is 16.9 Å². The number of benzene rings is 1. The van der Waals surface area contributed by atoms with Gasteiger partial charge in [0.15, 0.2) is 0 Å². The molecule has 0 unspecified atom stereocenters. The summed E-state index contributed by atoms with van der Waals surface area (Å²) in [5, 5.41) is 14.7. The van der Waals surface area contributed by atoms with Gasteiger partial charge in [-0.3, -0.25) is 9.69 Å². The van der Waals surface area contributed by atoms with Crippen LogP contribution in [-0.4, -0.2) is 46.2 Å². The molecule has 0 spiro atoms. The summed E-state index contributed by atoms with van der Waals surface area (Å²) in [6.45, 7) is 11.6. The second-order valence-electron chi connectivity index (χ2n) is 9.24. The average molecular weight is 464 g/mol. The predicted octanol–water partition coefficient (Wildman–Crippen LogP) is 5.35. The first kappa shape index (κ1) is 25.0. The molecule has 33 heavy (non-hydrogen) atoms. The Hall–Kier alpha value is -2.68. The fourth-order valence-electron chi connectivity index (χ4n) is 3.93. The molecule has 1 fully saturated rings. The van der Waals surface area contributed by atoms with Crippen LogP contribution in [0, 0.1) is 12.8 Å². The van der Waals surface area contributed by atoms with Crippen molar-refractivity contribution in [3.8, 4) is 11.3 Å². The van der Waals surface area contributed by atoms with Crippen molar-refractivity contribution in [1.29, 1.82) is 0 Å². The van der Waals surface area contributed by atoms with E-state index in [1.54, 1.807) is 13.8 Å². The molecule has 1 saturated heterocycles. The number of carbonyl (C=O) groups excluding carboxylic acids is 1. The highest BCUT2D eigenvalue weighted by Crippen LogP contribution is 2.36. The molecule has 2 N–H and O–H groups in total. The molecule has 1 aliphatic rings. The highest BCUT2D eigenvalue weighted by atomic mass is 19.4. The third-order valence-corrected chi connectivity index (χ3v) is 5.90. The number of alkyl halides is 3. The fourth-order valence-corrected chi connectivity index (χ4v) is 3.93. The number of likely N-dealkylation sites (tertiary alicyclic amines) is 1. The molecule has 3 rings (SSSR count). The Morgan fingerprint density at radius 3 is 2.48 bits per heavy atom. The second-order valence-corrected chi connectivity index (χ2v) is 9.24. The van der Waals surface area contributed by atoms with E-state index in [9.17, 15) is 18.0 Å². The lowest BCUT2D eigenvalue weighted by Gasteiger charge is -2.35. The van der Waals surface area contributed by atoms with E-state index >= 15 is 0 Å². The Labute approximate surface area is 193 Å². The topological polar surface area (TPSA) is 70.2 Å². The average Bonchev–Trinajstić information content (AvgIpc) is 2.73. The predicted molar refractivity (Wildman–Crippen MR) is 124 cm³/mol. The maximum Gasteiger partial charge on any atom is 0.416 e. The van der Waals surface area contributed by atoms with Gasteiger partial charge in [-0.2, -0.15) is 13.2 Å². The van der Waals surface area contributed by atoms with Gasteiger partial charge in [-0.05, 0) is 63.9 Å². The normalized spacial score (nSPS) is 17.5. The van der Waals surface area contributed by atoms with E-state index in [0.717, 1.165) is 43.6 Å². The van der Waals surface area contributed by atoms with Crippen LogP contribution in [0.15, 0.2) is 24.3 Å². The van der Waals surface area contributed by atoms with Crippen LogP contribution < -0.4 is 10.6 Å². The van der Waals surface area contributed by atoms with Gasteiger partial charge in [-0.25, -0.2) is 0 Å². The Morgan fingerprint density at radius 1 is 1.15 bits per heavy atom. The van der Waals surface area contributed by atoms with Crippen molar-refractivity contribution in [2.45, 2.75) is 65.7 Å². The third kappa shape index (κ3) is 6.22. The zero-order valence-corrected chi connectivity index (χ0v) is 19.8. The van der Waals surface area contributed by atoms with Crippen LogP contribution in [0.25, 0.3) is 11.3 Å². The number of hydrogen-bond acceptors (Lipinski definition) is 5. The van der Waals surface area contributed by atoms with E-state index in [2.05, 4.69) is 39.6 Å². The molecule has 2 heterocycles. The smallest absolute Gasteiger partial charge is 0.365 e. The number of anilines is 2. The molecule has 1 amide bonds. The van der Waals surface area contributed by atoms with Gasteiger partial charge in [0.1, 0.15) is 5.82 Å². The van der Waals surface area contributed by atoms with Crippen LogP contribution in [-0.2, 0) is 11.0 Å². The summed E-state index contributed by atoms with van der Waals surface area (Å²) in [7, 11) is 0. The fraction of sp³-hybridized carbons (Fsp3) is 0.542. The Balaban J connectivity index is 1.88. The van der Waals surface area contributed by atoms with E-state index in [1.807, 2.05) is 13.0 Å². The summed E-state index contributed by atoms with van der Waals surface area (Å²) in [5.74, 6) is -0.120. The van der Waals surface area contributed by atoms with Crippen LogP contribution in [0.5, 0.6) is 0 Å². The minimum Gasteiger partial charge on any atom is -0.365 e. The maximum atomic E-state index is 13.3. The largest absolute Gasteiger partial charge is 0.416 e. The Bertz CT molecular complexity index is 991. The van der Waals surface area contributed by atoms with Gasteiger partial charge in [0, 0.05) is 30.1 Å². The molecule has 1 aromatic heterocycles. The molecule has 0 bridgehead atoms. The van der Waals surface area contributed by atoms with Crippen LogP contribution in [0.1, 0.15) is 51.7 Å². The van der Waals surface area contributed by atoms with Crippen molar-refractivity contribution < 1.29 is 18.0 Å². The van der Waals surface area contributed by atoms with Gasteiger partial charge in [0.25, 0.3) is 0 Å². The van der Waals surface area contributed by atoms with Gasteiger partial charge >= 0.3 is 6.18 Å². The lowest BCUT2D eigenvalue weighted by atomic mass is 10.0. The number of nitrogens with zero attached hydrogens (tertiary/aromatic N) is 3. The molecule has 0 saturated carbocycles. The Morgan fingerprint density at radius 2 is 1.88 bits per heavy atom. The lowest BCUT2D eigenvalue weighted by molar-refractivity contribution is -0.137. The van der Waals surface area contributed by atoms with E-state index in [4.69, 9.17) is 0 Å². The van der Waals surface area contributed by atoms with Crippen molar-refractivity contribution in [3.63, 3.8) is 0 Å². The van der Waals surface area contributed by atoms with Crippen molar-refractivity contribution in [2.75, 3.05) is 23.7 Å². The van der Waals surface area contributed by atoms with E-state index in [0.29, 0.717) is 23.1 Å². The number of hydrogen-bond donors (Lipinski definition) is 2. The highest BCUT2D eigenvalue weighted by Gasteiger charge is 2.32. The van der Waals surface area contributed by atoms with E-state index < -0.39 is 11.7 Å². The molecular weight excluding hydrogens is 431 g/mol. The molecule has 0 radical (unpaired) electrons. The zero-order valence-electron chi connectivity index (χ0n) is 19.8. The van der Waals surface area contributed by atoms with Crippen LogP contribution in [0.4, 0.5) is 24.7 Å². The van der Waals surface area contributed by atoms with Crippen molar-refractivity contribution in [3.05, 3.63) is 35.4 Å². The van der Waals surface area contributed by atoms with Gasteiger partial charge in [0.2, 0.25) is 5.91 Å². The van der Waals surface area contributed by atoms with Crippen molar-refractivity contribution >= 4 is 17.4 Å². The summed E-state index contributed by atoms with van der Waals surface area (Å²) in [5.41, 5.74) is 0.824. The van der Waals surface area contributed by atoms with E-state index in [-0.39, 0.29) is 23.6 Å². The van der Waals surface area contributed by atoms with Gasteiger partial charge in [-0.15, -0.1) is 10.2 Å². The van der Waals surface area contributed by atoms with Crippen LogP contribution >= 0.6 is 0 Å². The summed E-state index contributed by atoms with van der Waals surface area (Å²) in [6, 6.07) is 5.87. The quantitative estimate of drug-likeness (QED) is 0.604. The molecule has 6 nitrogen and oxygen atoms in total. The monoisotopic (exact) mass is 463 g/mol. The molecule has 0 aliphatic carbocycles. The molecule has 180 valence electrons. The first-order valence-electron chi connectivity index (χ1n) is 11.3. The number of piperidine rings is 1. The number of aryl methyl sites for hydroxylation is 1. The molecule has 1 atom stereocenters. The minimum atomic E-state index is -4.52. The van der Waals surface area contributed by atoms with Gasteiger partial charge in [-0.1, -0.05) is 19.9 Å². The third-order valence-electron chi connectivity index (χ3n) is 5.90. The van der Waals surface area contributed by atoms with Crippen LogP contribution in [0.3, 0.4) is 0 Å². The van der Waals surface area contributed by atoms with Gasteiger partial charge < -0.3 is 10.6 Å². The molecule has 1 aromatic carbocycles. The number of rotatable bonds is 6. The summed E-state index contributed by atoms with van der Waals surface area (Å²) >= 11 is 0. The number of carbonyl (C=O) groups is 1.